The second-order valence-electron chi connectivity index (χ2n) is 12.0. The highest BCUT2D eigenvalue weighted by Crippen LogP contribution is 2.47. The summed E-state index contributed by atoms with van der Waals surface area (Å²) < 4.78 is 84.4. The van der Waals surface area contributed by atoms with E-state index in [1.807, 2.05) is 59.8 Å². The molecule has 0 saturated carbocycles. The van der Waals surface area contributed by atoms with E-state index in [0.29, 0.717) is 22.7 Å². The zero-order chi connectivity index (χ0) is 33.2. The number of hydrogen-bond donors (Lipinski definition) is 1. The smallest absolute Gasteiger partial charge is 0.360 e. The Morgan fingerprint density at radius 2 is 1.59 bits per heavy atom. The van der Waals surface area contributed by atoms with Gasteiger partial charge >= 0.3 is 12.4 Å². The molecule has 1 aliphatic heterocycles. The van der Waals surface area contributed by atoms with E-state index in [0.717, 1.165) is 58.1 Å². The Hall–Kier alpha value is -4.56. The molecule has 0 amide bonds. The van der Waals surface area contributed by atoms with Gasteiger partial charge in [-0.25, -0.2) is 4.68 Å². The van der Waals surface area contributed by atoms with Gasteiger partial charge in [-0.05, 0) is 61.6 Å². The van der Waals surface area contributed by atoms with Gasteiger partial charge in [0, 0.05) is 41.3 Å². The van der Waals surface area contributed by atoms with Crippen LogP contribution < -0.4 is 0 Å². The van der Waals surface area contributed by atoms with Crippen molar-refractivity contribution >= 4 is 10.9 Å². The summed E-state index contributed by atoms with van der Waals surface area (Å²) in [6.45, 7) is 7.78. The number of alkyl halides is 6. The van der Waals surface area contributed by atoms with Gasteiger partial charge in [-0.2, -0.15) is 36.7 Å². The molecule has 0 atom stereocenters. The summed E-state index contributed by atoms with van der Waals surface area (Å²) in [5.41, 5.74) is 3.38. The van der Waals surface area contributed by atoms with Crippen molar-refractivity contribution in [3.05, 3.63) is 105 Å². The number of aryl methyl sites for hydroxylation is 2. The fourth-order valence-corrected chi connectivity index (χ4v) is 6.64. The first-order valence-corrected chi connectivity index (χ1v) is 15.0. The van der Waals surface area contributed by atoms with Gasteiger partial charge in [0.2, 0.25) is 0 Å². The molecule has 0 radical (unpaired) electrons. The lowest BCUT2D eigenvalue weighted by molar-refractivity contribution is -0.143. The minimum Gasteiger partial charge on any atom is -0.360 e. The first-order chi connectivity index (χ1) is 21.7. The van der Waals surface area contributed by atoms with Gasteiger partial charge in [0.25, 0.3) is 0 Å². The number of benzene rings is 3. The predicted octanol–water partition coefficient (Wildman–Crippen LogP) is 9.31. The van der Waals surface area contributed by atoms with E-state index in [4.69, 9.17) is 5.10 Å². The van der Waals surface area contributed by atoms with E-state index in [1.165, 1.54) is 0 Å². The normalized spacial score (nSPS) is 15.0. The number of rotatable bonds is 6. The monoisotopic (exact) mass is 635 g/mol. The van der Waals surface area contributed by atoms with Gasteiger partial charge in [-0.1, -0.05) is 50.2 Å². The summed E-state index contributed by atoms with van der Waals surface area (Å²) in [5.74, 6) is 0. The average molecular weight is 636 g/mol. The van der Waals surface area contributed by atoms with Gasteiger partial charge in [-0.15, -0.1) is 0 Å². The first-order valence-electron chi connectivity index (χ1n) is 15.0. The third kappa shape index (κ3) is 5.05. The molecule has 5 nitrogen and oxygen atoms in total. The van der Waals surface area contributed by atoms with Gasteiger partial charge in [0.1, 0.15) is 6.07 Å². The van der Waals surface area contributed by atoms with Crippen LogP contribution in [-0.4, -0.2) is 19.7 Å². The van der Waals surface area contributed by atoms with Crippen LogP contribution in [-0.2, 0) is 43.8 Å². The molecular weight excluding hydrogens is 604 g/mol. The third-order valence-electron chi connectivity index (χ3n) is 9.06. The summed E-state index contributed by atoms with van der Waals surface area (Å²) in [6, 6.07) is 15.8. The molecule has 0 unspecified atom stereocenters. The summed E-state index contributed by atoms with van der Waals surface area (Å²) in [5, 5.41) is 15.9. The third-order valence-corrected chi connectivity index (χ3v) is 9.06. The number of aromatic amines is 1. The minimum absolute atomic E-state index is 0.188. The molecule has 11 heteroatoms. The van der Waals surface area contributed by atoms with Crippen molar-refractivity contribution in [3.63, 3.8) is 0 Å². The minimum atomic E-state index is -4.98. The van der Waals surface area contributed by atoms with Crippen LogP contribution in [0.15, 0.2) is 60.8 Å². The molecule has 5 aromatic rings. The number of aromatic nitrogens is 3. The summed E-state index contributed by atoms with van der Waals surface area (Å²) in [7, 11) is 0. The number of nitrogens with one attached hydrogen (secondary N) is 1. The van der Waals surface area contributed by atoms with Crippen LogP contribution in [0.4, 0.5) is 26.3 Å². The van der Waals surface area contributed by atoms with Crippen LogP contribution in [0.3, 0.4) is 0 Å². The van der Waals surface area contributed by atoms with Gasteiger partial charge in [0.05, 0.1) is 39.3 Å². The lowest BCUT2D eigenvalue weighted by Gasteiger charge is -2.33. The average Bonchev–Trinajstić information content (AvgIpc) is 3.67. The van der Waals surface area contributed by atoms with E-state index in [1.54, 1.807) is 6.20 Å². The maximum Gasteiger partial charge on any atom is 0.416 e. The fraction of sp³-hybridized carbons (Fsp3) is 0.314. The molecule has 238 valence electrons. The SMILES string of the molecule is CCc1cccc(CC)c1-n1nc2c(c1-c1cccc3[nH]cc(C#N)c13)CN(Cc1ccc(C(F)(F)F)cc1C(F)(F)F)C2(C)C. The van der Waals surface area contributed by atoms with Gasteiger partial charge in [-0.3, -0.25) is 4.90 Å². The van der Waals surface area contributed by atoms with Gasteiger partial charge < -0.3 is 4.98 Å². The highest BCUT2D eigenvalue weighted by atomic mass is 19.4. The number of nitrogens with zero attached hydrogens (tertiary/aromatic N) is 4. The van der Waals surface area contributed by atoms with Crippen LogP contribution >= 0.6 is 0 Å². The van der Waals surface area contributed by atoms with E-state index in [2.05, 4.69) is 24.9 Å². The number of para-hydroxylation sites is 1. The second kappa shape index (κ2) is 11.1. The number of hydrogen-bond acceptors (Lipinski definition) is 3. The number of fused-ring (bicyclic) bond motifs is 2. The maximum atomic E-state index is 14.1. The Morgan fingerprint density at radius 3 is 2.20 bits per heavy atom. The summed E-state index contributed by atoms with van der Waals surface area (Å²) >= 11 is 0. The molecule has 0 bridgehead atoms. The zero-order valence-corrected chi connectivity index (χ0v) is 25.7. The molecule has 0 aliphatic carbocycles. The number of H-pyrrole nitrogens is 1. The molecule has 0 spiro atoms. The molecule has 0 saturated heterocycles. The Labute approximate surface area is 262 Å². The molecule has 1 N–H and O–H groups in total. The molecule has 3 aromatic carbocycles. The van der Waals surface area contributed by atoms with Crippen molar-refractivity contribution in [2.75, 3.05) is 0 Å². The highest BCUT2D eigenvalue weighted by molar-refractivity contribution is 5.99. The largest absolute Gasteiger partial charge is 0.416 e. The fourth-order valence-electron chi connectivity index (χ4n) is 6.64. The maximum absolute atomic E-state index is 14.1. The van der Waals surface area contributed by atoms with Gasteiger partial charge in [0.15, 0.2) is 0 Å². The quantitative estimate of drug-likeness (QED) is 0.189. The van der Waals surface area contributed by atoms with Crippen molar-refractivity contribution in [1.29, 1.82) is 5.26 Å². The topological polar surface area (TPSA) is 60.6 Å². The van der Waals surface area contributed by atoms with E-state index in [9.17, 15) is 31.6 Å². The molecule has 3 heterocycles. The number of nitriles is 1. The summed E-state index contributed by atoms with van der Waals surface area (Å²) in [6.07, 6.45) is -6.78. The Bertz CT molecular complexity index is 1980. The van der Waals surface area contributed by atoms with Crippen molar-refractivity contribution in [2.24, 2.45) is 0 Å². The highest BCUT2D eigenvalue weighted by Gasteiger charge is 2.45. The standard InChI is InChI=1S/C35H31F6N5/c1-5-20-9-7-10-21(6-2)30(20)46-31(25-11-8-12-28-29(25)23(16-42)17-43-28)26-19-45(33(3,4)32(26)44-46)18-22-13-14-24(34(36,37)38)15-27(22)35(39,40)41/h7-15,17,43H,5-6,18-19H2,1-4H3. The lowest BCUT2D eigenvalue weighted by Crippen LogP contribution is -2.36. The molecule has 6 rings (SSSR count). The van der Waals surface area contributed by atoms with E-state index in [-0.39, 0.29) is 24.7 Å². The van der Waals surface area contributed by atoms with Crippen LogP contribution in [0, 0.1) is 11.3 Å². The van der Waals surface area contributed by atoms with Crippen molar-refractivity contribution in [1.82, 2.24) is 19.7 Å². The molecule has 1 aliphatic rings. The molecule has 46 heavy (non-hydrogen) atoms. The molecule has 0 fully saturated rings. The lowest BCUT2D eigenvalue weighted by atomic mass is 9.96. The zero-order valence-electron chi connectivity index (χ0n) is 25.7. The van der Waals surface area contributed by atoms with Crippen molar-refractivity contribution in [2.45, 2.75) is 71.5 Å². The van der Waals surface area contributed by atoms with Crippen LogP contribution in [0.1, 0.15) is 72.3 Å². The van der Waals surface area contributed by atoms with Crippen LogP contribution in [0.25, 0.3) is 27.8 Å². The van der Waals surface area contributed by atoms with E-state index < -0.39 is 29.0 Å². The Balaban J connectivity index is 1.56. The predicted molar refractivity (Wildman–Crippen MR) is 163 cm³/mol. The van der Waals surface area contributed by atoms with Crippen molar-refractivity contribution < 1.29 is 26.3 Å². The molecular formula is C35H31F6N5. The van der Waals surface area contributed by atoms with Crippen LogP contribution in [0.2, 0.25) is 0 Å². The Morgan fingerprint density at radius 1 is 0.913 bits per heavy atom. The summed E-state index contributed by atoms with van der Waals surface area (Å²) in [4.78, 5) is 4.97. The second-order valence-corrected chi connectivity index (χ2v) is 12.0. The van der Waals surface area contributed by atoms with Crippen LogP contribution in [0.5, 0.6) is 0 Å². The Kier molecular flexibility index (Phi) is 7.55. The van der Waals surface area contributed by atoms with Crippen molar-refractivity contribution in [3.8, 4) is 23.0 Å². The molecule has 2 aromatic heterocycles. The first kappa shape index (κ1) is 31.4. The van der Waals surface area contributed by atoms with E-state index >= 15 is 0 Å². The number of halogens is 6.